The molecule has 0 spiro atoms. The third-order valence-electron chi connectivity index (χ3n) is 3.68. The van der Waals surface area contributed by atoms with Crippen molar-refractivity contribution in [3.05, 3.63) is 35.4 Å². The molecule has 1 aromatic rings. The molecule has 2 rings (SSSR count). The lowest BCUT2D eigenvalue weighted by Crippen LogP contribution is -2.40. The average Bonchev–Trinajstić information content (AvgIpc) is 2.82. The van der Waals surface area contributed by atoms with Crippen LogP contribution in [0.5, 0.6) is 0 Å². The van der Waals surface area contributed by atoms with Gasteiger partial charge >= 0.3 is 6.18 Å². The van der Waals surface area contributed by atoms with Gasteiger partial charge in [0.2, 0.25) is 0 Å². The summed E-state index contributed by atoms with van der Waals surface area (Å²) in [4.78, 5) is 0. The van der Waals surface area contributed by atoms with Crippen LogP contribution in [0.3, 0.4) is 0 Å². The highest BCUT2D eigenvalue weighted by Crippen LogP contribution is 2.39. The van der Waals surface area contributed by atoms with Crippen molar-refractivity contribution in [1.82, 2.24) is 8.61 Å². The first-order chi connectivity index (χ1) is 9.97. The minimum Gasteiger partial charge on any atom is -0.237 e. The molecule has 1 atom stereocenters. The molecule has 0 bridgehead atoms. The molecule has 0 aromatic heterocycles. The molecule has 0 aliphatic carbocycles. The molecule has 1 aliphatic rings. The van der Waals surface area contributed by atoms with Gasteiger partial charge in [-0.15, -0.1) is 0 Å². The number of hydrogen-bond acceptors (Lipinski definition) is 2. The van der Waals surface area contributed by atoms with Crippen LogP contribution < -0.4 is 0 Å². The van der Waals surface area contributed by atoms with Gasteiger partial charge in [0, 0.05) is 27.1 Å². The molecule has 0 N–H and O–H groups in total. The van der Waals surface area contributed by atoms with E-state index in [1.807, 2.05) is 0 Å². The third-order valence-corrected chi connectivity index (χ3v) is 5.57. The molecule has 0 saturated carbocycles. The predicted molar refractivity (Wildman–Crippen MR) is 73.0 cm³/mol. The maximum atomic E-state index is 15.0. The van der Waals surface area contributed by atoms with Crippen LogP contribution in [-0.4, -0.2) is 44.2 Å². The quantitative estimate of drug-likeness (QED) is 0.793. The molecule has 4 nitrogen and oxygen atoms in total. The minimum absolute atomic E-state index is 0.0761. The van der Waals surface area contributed by atoms with E-state index in [4.69, 9.17) is 0 Å². The Morgan fingerprint density at radius 1 is 1.27 bits per heavy atom. The molecule has 1 aromatic carbocycles. The van der Waals surface area contributed by atoms with Crippen LogP contribution in [0.25, 0.3) is 0 Å². The summed E-state index contributed by atoms with van der Waals surface area (Å²) in [6.45, 7) is -0.567. The monoisotopic (exact) mass is 340 g/mol. The van der Waals surface area contributed by atoms with Crippen LogP contribution >= 0.6 is 0 Å². The average molecular weight is 340 g/mol. The standard InChI is InChI=1S/C13H16F4N2O2S/c1-18(2)22(20,21)19-7-6-12(14,9-19)10-4-3-5-11(8-10)13(15,16)17/h3-5,8H,6-7,9H2,1-2H3. The lowest BCUT2D eigenvalue weighted by Gasteiger charge is -2.24. The van der Waals surface area contributed by atoms with E-state index in [1.165, 1.54) is 20.2 Å². The highest BCUT2D eigenvalue weighted by Gasteiger charge is 2.45. The van der Waals surface area contributed by atoms with Gasteiger partial charge < -0.3 is 0 Å². The van der Waals surface area contributed by atoms with E-state index in [-0.39, 0.29) is 18.5 Å². The van der Waals surface area contributed by atoms with Crippen molar-refractivity contribution in [2.24, 2.45) is 0 Å². The Balaban J connectivity index is 2.31. The third kappa shape index (κ3) is 3.11. The van der Waals surface area contributed by atoms with Gasteiger partial charge in [0.05, 0.1) is 12.1 Å². The summed E-state index contributed by atoms with van der Waals surface area (Å²) in [6, 6.07) is 3.98. The molecule has 22 heavy (non-hydrogen) atoms. The van der Waals surface area contributed by atoms with Crippen molar-refractivity contribution in [3.8, 4) is 0 Å². The van der Waals surface area contributed by atoms with E-state index in [0.29, 0.717) is 0 Å². The van der Waals surface area contributed by atoms with Crippen LogP contribution in [0.1, 0.15) is 17.5 Å². The molecule has 0 radical (unpaired) electrons. The highest BCUT2D eigenvalue weighted by molar-refractivity contribution is 7.86. The molecule has 9 heteroatoms. The van der Waals surface area contributed by atoms with Crippen molar-refractivity contribution in [2.75, 3.05) is 27.2 Å². The van der Waals surface area contributed by atoms with Gasteiger partial charge in [-0.25, -0.2) is 4.39 Å². The summed E-state index contributed by atoms with van der Waals surface area (Å²) in [6.07, 6.45) is -4.75. The second kappa shape index (κ2) is 5.47. The van der Waals surface area contributed by atoms with E-state index < -0.39 is 34.2 Å². The van der Waals surface area contributed by atoms with Crippen LogP contribution in [-0.2, 0) is 22.1 Å². The summed E-state index contributed by atoms with van der Waals surface area (Å²) in [5, 5.41) is 0. The van der Waals surface area contributed by atoms with Crippen molar-refractivity contribution in [3.63, 3.8) is 0 Å². The smallest absolute Gasteiger partial charge is 0.237 e. The van der Waals surface area contributed by atoms with Gasteiger partial charge in [-0.1, -0.05) is 12.1 Å². The molecule has 1 heterocycles. The topological polar surface area (TPSA) is 40.6 Å². The van der Waals surface area contributed by atoms with Crippen molar-refractivity contribution >= 4 is 10.2 Å². The van der Waals surface area contributed by atoms with E-state index in [1.54, 1.807) is 0 Å². The molecular formula is C13H16F4N2O2S. The van der Waals surface area contributed by atoms with Crippen molar-refractivity contribution in [1.29, 1.82) is 0 Å². The largest absolute Gasteiger partial charge is 0.416 e. The lowest BCUT2D eigenvalue weighted by atomic mass is 9.93. The Kier molecular flexibility index (Phi) is 4.27. The first-order valence-corrected chi connectivity index (χ1v) is 7.91. The number of halogens is 4. The molecule has 1 unspecified atom stereocenters. The molecule has 124 valence electrons. The number of nitrogens with zero attached hydrogens (tertiary/aromatic N) is 2. The molecular weight excluding hydrogens is 324 g/mol. The minimum atomic E-state index is -4.57. The lowest BCUT2D eigenvalue weighted by molar-refractivity contribution is -0.137. The first-order valence-electron chi connectivity index (χ1n) is 6.51. The zero-order valence-corrected chi connectivity index (χ0v) is 12.9. The van der Waals surface area contributed by atoms with E-state index in [0.717, 1.165) is 26.8 Å². The number of rotatable bonds is 3. The number of benzene rings is 1. The van der Waals surface area contributed by atoms with Gasteiger partial charge in [0.1, 0.15) is 0 Å². The van der Waals surface area contributed by atoms with E-state index in [9.17, 15) is 26.0 Å². The van der Waals surface area contributed by atoms with Gasteiger partial charge in [-0.3, -0.25) is 0 Å². The number of hydrogen-bond donors (Lipinski definition) is 0. The van der Waals surface area contributed by atoms with Crippen LogP contribution in [0.2, 0.25) is 0 Å². The summed E-state index contributed by atoms with van der Waals surface area (Å²) < 4.78 is 79.0. The zero-order chi connectivity index (χ0) is 16.8. The highest BCUT2D eigenvalue weighted by atomic mass is 32.2. The van der Waals surface area contributed by atoms with Crippen LogP contribution in [0, 0.1) is 0 Å². The summed E-state index contributed by atoms with van der Waals surface area (Å²) in [5.41, 5.74) is -3.22. The maximum Gasteiger partial charge on any atom is 0.416 e. The Labute approximate surface area is 126 Å². The zero-order valence-electron chi connectivity index (χ0n) is 12.1. The van der Waals surface area contributed by atoms with Gasteiger partial charge in [0.15, 0.2) is 5.67 Å². The summed E-state index contributed by atoms with van der Waals surface area (Å²) >= 11 is 0. The molecule has 1 aliphatic heterocycles. The maximum absolute atomic E-state index is 15.0. The van der Waals surface area contributed by atoms with E-state index in [2.05, 4.69) is 0 Å². The molecule has 0 amide bonds. The summed E-state index contributed by atoms with van der Waals surface area (Å²) in [7, 11) is -1.16. The summed E-state index contributed by atoms with van der Waals surface area (Å²) in [5.74, 6) is 0. The Morgan fingerprint density at radius 2 is 1.91 bits per heavy atom. The Bertz CT molecular complexity index is 660. The fourth-order valence-electron chi connectivity index (χ4n) is 2.38. The molecule has 1 fully saturated rings. The fraction of sp³-hybridized carbons (Fsp3) is 0.538. The second-order valence-corrected chi connectivity index (χ2v) is 7.56. The Morgan fingerprint density at radius 3 is 2.45 bits per heavy atom. The van der Waals surface area contributed by atoms with Crippen molar-refractivity contribution in [2.45, 2.75) is 18.3 Å². The molecule has 1 saturated heterocycles. The van der Waals surface area contributed by atoms with Crippen molar-refractivity contribution < 1.29 is 26.0 Å². The first kappa shape index (κ1) is 17.2. The second-order valence-electron chi connectivity index (χ2n) is 5.42. The van der Waals surface area contributed by atoms with Gasteiger partial charge in [-0.2, -0.15) is 30.2 Å². The van der Waals surface area contributed by atoms with Crippen LogP contribution in [0.4, 0.5) is 17.6 Å². The normalized spacial score (nSPS) is 24.1. The van der Waals surface area contributed by atoms with Gasteiger partial charge in [0.25, 0.3) is 10.2 Å². The van der Waals surface area contributed by atoms with E-state index >= 15 is 0 Å². The van der Waals surface area contributed by atoms with Crippen LogP contribution in [0.15, 0.2) is 24.3 Å². The fourth-order valence-corrected chi connectivity index (χ4v) is 3.53. The van der Waals surface area contributed by atoms with Gasteiger partial charge in [-0.05, 0) is 17.7 Å². The number of alkyl halides is 4. The SMILES string of the molecule is CN(C)S(=O)(=O)N1CCC(F)(c2cccc(C(F)(F)F)c2)C1. The predicted octanol–water partition coefficient (Wildman–Crippen LogP) is 2.38. The Hall–Kier alpha value is -1.19.